The standard InChI is InChI=1S/C14H31N3O3S/c1-5-17(12-14-8-6-11-20-14)21(18,19)16(4)10-7-9-15-13(2)3/h13-15H,5-12H2,1-4H3. The summed E-state index contributed by atoms with van der Waals surface area (Å²) in [5.41, 5.74) is 0. The Balaban J connectivity index is 2.46. The predicted octanol–water partition coefficient (Wildman–Crippen LogP) is 1.05. The Bertz CT molecular complexity index is 381. The van der Waals surface area contributed by atoms with Crippen LogP contribution in [-0.2, 0) is 14.9 Å². The molecule has 7 heteroatoms. The van der Waals surface area contributed by atoms with Gasteiger partial charge in [-0.25, -0.2) is 0 Å². The van der Waals surface area contributed by atoms with Crippen molar-refractivity contribution in [2.45, 2.75) is 52.2 Å². The van der Waals surface area contributed by atoms with Crippen LogP contribution in [0.15, 0.2) is 0 Å². The van der Waals surface area contributed by atoms with E-state index in [0.717, 1.165) is 32.4 Å². The third kappa shape index (κ3) is 6.20. The van der Waals surface area contributed by atoms with E-state index in [0.29, 0.717) is 25.7 Å². The average Bonchev–Trinajstić information content (AvgIpc) is 2.93. The lowest BCUT2D eigenvalue weighted by atomic mass is 10.2. The van der Waals surface area contributed by atoms with Gasteiger partial charge in [0.05, 0.1) is 6.10 Å². The molecule has 1 unspecified atom stereocenters. The number of likely N-dealkylation sites (N-methyl/N-ethyl adjacent to an activating group) is 1. The monoisotopic (exact) mass is 321 g/mol. The second-order valence-corrected chi connectivity index (χ2v) is 7.91. The van der Waals surface area contributed by atoms with Gasteiger partial charge in [-0.2, -0.15) is 17.0 Å². The minimum Gasteiger partial charge on any atom is -0.377 e. The summed E-state index contributed by atoms with van der Waals surface area (Å²) in [6, 6.07) is 0.429. The molecule has 0 spiro atoms. The van der Waals surface area contributed by atoms with Crippen molar-refractivity contribution in [2.75, 3.05) is 39.8 Å². The SMILES string of the molecule is CCN(CC1CCCO1)S(=O)(=O)N(C)CCCNC(C)C. The summed E-state index contributed by atoms with van der Waals surface area (Å²) in [6.45, 7) is 9.10. The van der Waals surface area contributed by atoms with Crippen LogP contribution in [0.1, 0.15) is 40.0 Å². The largest absolute Gasteiger partial charge is 0.377 e. The summed E-state index contributed by atoms with van der Waals surface area (Å²) < 4.78 is 33.6. The molecule has 1 heterocycles. The van der Waals surface area contributed by atoms with E-state index < -0.39 is 10.2 Å². The van der Waals surface area contributed by atoms with Gasteiger partial charge < -0.3 is 10.1 Å². The second kappa shape index (κ2) is 9.05. The maximum absolute atomic E-state index is 12.6. The highest BCUT2D eigenvalue weighted by Crippen LogP contribution is 2.16. The smallest absolute Gasteiger partial charge is 0.281 e. The lowest BCUT2D eigenvalue weighted by Crippen LogP contribution is -2.45. The molecule has 0 radical (unpaired) electrons. The molecule has 1 aliphatic heterocycles. The van der Waals surface area contributed by atoms with Crippen molar-refractivity contribution in [3.05, 3.63) is 0 Å². The summed E-state index contributed by atoms with van der Waals surface area (Å²) in [5, 5.41) is 3.30. The van der Waals surface area contributed by atoms with Gasteiger partial charge in [-0.3, -0.25) is 0 Å². The normalized spacial score (nSPS) is 20.0. The van der Waals surface area contributed by atoms with Crippen molar-refractivity contribution in [3.63, 3.8) is 0 Å². The fourth-order valence-electron chi connectivity index (χ4n) is 2.41. The van der Waals surface area contributed by atoms with Crippen molar-refractivity contribution >= 4 is 10.2 Å². The Morgan fingerprint density at radius 3 is 2.62 bits per heavy atom. The third-order valence-corrected chi connectivity index (χ3v) is 5.74. The lowest BCUT2D eigenvalue weighted by Gasteiger charge is -2.28. The van der Waals surface area contributed by atoms with E-state index in [4.69, 9.17) is 4.74 Å². The van der Waals surface area contributed by atoms with E-state index in [1.54, 1.807) is 7.05 Å². The van der Waals surface area contributed by atoms with Crippen LogP contribution in [0, 0.1) is 0 Å². The molecule has 0 aliphatic carbocycles. The molecule has 126 valence electrons. The Hall–Kier alpha value is -0.210. The van der Waals surface area contributed by atoms with Crippen LogP contribution in [0.3, 0.4) is 0 Å². The quantitative estimate of drug-likeness (QED) is 0.611. The fraction of sp³-hybridized carbons (Fsp3) is 1.00. The molecule has 6 nitrogen and oxygen atoms in total. The fourth-order valence-corrected chi connectivity index (χ4v) is 3.84. The van der Waals surface area contributed by atoms with Gasteiger partial charge in [0.2, 0.25) is 0 Å². The molecule has 1 saturated heterocycles. The minimum atomic E-state index is -3.38. The predicted molar refractivity (Wildman–Crippen MR) is 85.5 cm³/mol. The molecule has 0 saturated carbocycles. The Kier molecular flexibility index (Phi) is 8.12. The molecule has 21 heavy (non-hydrogen) atoms. The van der Waals surface area contributed by atoms with Crippen LogP contribution in [0.25, 0.3) is 0 Å². The highest BCUT2D eigenvalue weighted by Gasteiger charge is 2.29. The first-order chi connectivity index (χ1) is 9.87. The zero-order valence-corrected chi connectivity index (χ0v) is 14.7. The Morgan fingerprint density at radius 1 is 1.38 bits per heavy atom. The van der Waals surface area contributed by atoms with Crippen LogP contribution in [0.5, 0.6) is 0 Å². The van der Waals surface area contributed by atoms with Gasteiger partial charge in [-0.1, -0.05) is 20.8 Å². The van der Waals surface area contributed by atoms with Crippen LogP contribution >= 0.6 is 0 Å². The maximum Gasteiger partial charge on any atom is 0.281 e. The van der Waals surface area contributed by atoms with Crippen molar-refractivity contribution in [2.24, 2.45) is 0 Å². The lowest BCUT2D eigenvalue weighted by molar-refractivity contribution is 0.0933. The molecule has 1 rings (SSSR count). The van der Waals surface area contributed by atoms with E-state index in [9.17, 15) is 8.42 Å². The van der Waals surface area contributed by atoms with Crippen LogP contribution in [-0.4, -0.2) is 69.0 Å². The van der Waals surface area contributed by atoms with Gasteiger partial charge in [-0.15, -0.1) is 0 Å². The van der Waals surface area contributed by atoms with Gasteiger partial charge in [0.1, 0.15) is 0 Å². The van der Waals surface area contributed by atoms with Crippen molar-refractivity contribution in [3.8, 4) is 0 Å². The van der Waals surface area contributed by atoms with E-state index in [1.807, 2.05) is 6.92 Å². The zero-order chi connectivity index (χ0) is 15.9. The number of hydrogen-bond donors (Lipinski definition) is 1. The molecule has 1 atom stereocenters. The van der Waals surface area contributed by atoms with Gasteiger partial charge in [0, 0.05) is 39.3 Å². The minimum absolute atomic E-state index is 0.0516. The summed E-state index contributed by atoms with van der Waals surface area (Å²) in [7, 11) is -1.72. The van der Waals surface area contributed by atoms with E-state index >= 15 is 0 Å². The van der Waals surface area contributed by atoms with Gasteiger partial charge in [0.15, 0.2) is 0 Å². The molecule has 0 bridgehead atoms. The molecular weight excluding hydrogens is 290 g/mol. The van der Waals surface area contributed by atoms with Gasteiger partial charge in [-0.05, 0) is 25.8 Å². The summed E-state index contributed by atoms with van der Waals surface area (Å²) in [4.78, 5) is 0. The van der Waals surface area contributed by atoms with Gasteiger partial charge in [0.25, 0.3) is 10.2 Å². The number of hydrogen-bond acceptors (Lipinski definition) is 4. The average molecular weight is 321 g/mol. The first kappa shape index (κ1) is 18.8. The first-order valence-corrected chi connectivity index (χ1v) is 9.34. The summed E-state index contributed by atoms with van der Waals surface area (Å²) >= 11 is 0. The zero-order valence-electron chi connectivity index (χ0n) is 13.8. The molecule has 0 aromatic heterocycles. The van der Waals surface area contributed by atoms with E-state index in [2.05, 4.69) is 19.2 Å². The second-order valence-electron chi connectivity index (χ2n) is 5.88. The van der Waals surface area contributed by atoms with Crippen LogP contribution in [0.2, 0.25) is 0 Å². The topological polar surface area (TPSA) is 61.9 Å². The molecule has 0 aromatic rings. The number of nitrogens with one attached hydrogen (secondary N) is 1. The van der Waals surface area contributed by atoms with Gasteiger partial charge >= 0.3 is 0 Å². The molecule has 1 aliphatic rings. The van der Waals surface area contributed by atoms with Crippen molar-refractivity contribution < 1.29 is 13.2 Å². The van der Waals surface area contributed by atoms with E-state index in [-0.39, 0.29) is 6.10 Å². The number of rotatable bonds is 10. The highest BCUT2D eigenvalue weighted by molar-refractivity contribution is 7.86. The maximum atomic E-state index is 12.6. The molecule has 1 fully saturated rings. The summed E-state index contributed by atoms with van der Waals surface area (Å²) in [6.07, 6.45) is 2.84. The molecule has 0 aromatic carbocycles. The van der Waals surface area contributed by atoms with Crippen molar-refractivity contribution in [1.82, 2.24) is 13.9 Å². The summed E-state index contributed by atoms with van der Waals surface area (Å²) in [5.74, 6) is 0. The molecule has 1 N–H and O–H groups in total. The van der Waals surface area contributed by atoms with Crippen LogP contribution < -0.4 is 5.32 Å². The first-order valence-electron chi connectivity index (χ1n) is 7.94. The number of ether oxygens (including phenoxy) is 1. The Morgan fingerprint density at radius 2 is 2.10 bits per heavy atom. The Labute approximate surface area is 130 Å². The third-order valence-electron chi connectivity index (χ3n) is 3.71. The molecular formula is C14H31N3O3S. The highest BCUT2D eigenvalue weighted by atomic mass is 32.2. The van der Waals surface area contributed by atoms with E-state index in [1.165, 1.54) is 8.61 Å². The number of nitrogens with zero attached hydrogens (tertiary/aromatic N) is 2. The van der Waals surface area contributed by atoms with Crippen LogP contribution in [0.4, 0.5) is 0 Å². The molecule has 0 amide bonds. The van der Waals surface area contributed by atoms with Crippen molar-refractivity contribution in [1.29, 1.82) is 0 Å².